The number of fused-ring (bicyclic) bond motifs is 1. The van der Waals surface area contributed by atoms with Gasteiger partial charge in [0.25, 0.3) is 17.7 Å². The van der Waals surface area contributed by atoms with E-state index in [1.54, 1.807) is 33.8 Å². The highest BCUT2D eigenvalue weighted by Gasteiger charge is 2.44. The summed E-state index contributed by atoms with van der Waals surface area (Å²) < 4.78 is 8.90. The van der Waals surface area contributed by atoms with Crippen LogP contribution in [0.15, 0.2) is 85.2 Å². The number of likely N-dealkylation sites (N-methyl/N-ethyl adjacent to an activating group) is 3. The van der Waals surface area contributed by atoms with Gasteiger partial charge in [-0.1, -0.05) is 49.0 Å². The molecule has 0 radical (unpaired) electrons. The molecule has 2 fully saturated rings. The first kappa shape index (κ1) is 32.5. The molecule has 4 aromatic rings. The summed E-state index contributed by atoms with van der Waals surface area (Å²) in [6, 6.07) is 19.0. The molecule has 1 saturated heterocycles. The lowest BCUT2D eigenvalue weighted by molar-refractivity contribution is -0.127. The van der Waals surface area contributed by atoms with E-state index in [2.05, 4.69) is 21.9 Å². The predicted molar refractivity (Wildman–Crippen MR) is 184 cm³/mol. The molecule has 0 spiro atoms. The van der Waals surface area contributed by atoms with Gasteiger partial charge in [-0.3, -0.25) is 28.9 Å². The lowest BCUT2D eigenvalue weighted by Crippen LogP contribution is -2.55. The van der Waals surface area contributed by atoms with Crippen LogP contribution < -0.4 is 10.2 Å². The molecule has 3 amide bonds. The maximum absolute atomic E-state index is 14.4. The predicted octanol–water partition coefficient (Wildman–Crippen LogP) is 3.55. The first-order valence-corrected chi connectivity index (χ1v) is 16.8. The normalized spacial score (nSPS) is 19.0. The number of benzene rings is 2. The van der Waals surface area contributed by atoms with Crippen molar-refractivity contribution >= 4 is 23.5 Å². The molecule has 4 heterocycles. The van der Waals surface area contributed by atoms with Gasteiger partial charge in [0.15, 0.2) is 0 Å². The maximum Gasteiger partial charge on any atom is 0.272 e. The molecular formula is C37H42N8O4. The number of nitrogens with zero attached hydrogens (tertiary/aromatic N) is 7. The summed E-state index contributed by atoms with van der Waals surface area (Å²) in [4.78, 5) is 46.9. The van der Waals surface area contributed by atoms with Crippen LogP contribution in [-0.2, 0) is 20.9 Å². The highest BCUT2D eigenvalue weighted by molar-refractivity contribution is 6.04. The molecule has 254 valence electrons. The van der Waals surface area contributed by atoms with Crippen molar-refractivity contribution in [2.75, 3.05) is 45.3 Å². The number of hydrogen-bond donors (Lipinski definition) is 1. The van der Waals surface area contributed by atoms with E-state index in [-0.39, 0.29) is 17.5 Å². The van der Waals surface area contributed by atoms with Gasteiger partial charge in [-0.05, 0) is 56.1 Å². The average molecular weight is 663 g/mol. The first-order valence-electron chi connectivity index (χ1n) is 16.8. The molecule has 7 rings (SSSR count). The third-order valence-electron chi connectivity index (χ3n) is 9.66. The van der Waals surface area contributed by atoms with Gasteiger partial charge < -0.3 is 15.0 Å². The molecule has 12 nitrogen and oxygen atoms in total. The number of amides is 3. The molecule has 2 aliphatic heterocycles. The zero-order valence-corrected chi connectivity index (χ0v) is 28.2. The van der Waals surface area contributed by atoms with E-state index in [0.29, 0.717) is 56.3 Å². The van der Waals surface area contributed by atoms with Crippen LogP contribution in [-0.4, -0.2) is 99.6 Å². The SMILES string of the molecule is C=C(CN(C)C1COC1)C(=O)N(C)Cc1cccc([C@@H]2c3cnn(-c4ccccc4)c3N(CC)C(=O)[C@H]2NC(=O)c2ccn(C3CC3)n2)c1. The van der Waals surface area contributed by atoms with Gasteiger partial charge in [-0.15, -0.1) is 0 Å². The summed E-state index contributed by atoms with van der Waals surface area (Å²) in [6.45, 7) is 8.51. The van der Waals surface area contributed by atoms with E-state index in [1.807, 2.05) is 79.4 Å². The number of anilines is 1. The van der Waals surface area contributed by atoms with Crippen molar-refractivity contribution < 1.29 is 19.1 Å². The molecule has 2 aromatic heterocycles. The van der Waals surface area contributed by atoms with Crippen LogP contribution in [0.25, 0.3) is 5.69 Å². The Balaban J connectivity index is 1.20. The Kier molecular flexibility index (Phi) is 8.91. The summed E-state index contributed by atoms with van der Waals surface area (Å²) in [5.41, 5.74) is 4.14. The topological polar surface area (TPSA) is 118 Å². The summed E-state index contributed by atoms with van der Waals surface area (Å²) >= 11 is 0. The number of rotatable bonds is 12. The standard InChI is InChI=1S/C37H42N8O4/c1-5-43-35-30(19-38-45(35)28-12-7-6-8-13-28)32(33(37(43)48)39-34(46)31-16-17-44(40-31)27-14-15-27)26-11-9-10-25(18-26)21-42(4)36(47)24(2)20-41(3)29-22-49-23-29/h6-13,16-19,27,29,32-33H,2,5,14-15,20-23H2,1,3-4H3,(H,39,46)/t32-,33+/m1/s1. The number of carbonyl (C=O) groups excluding carboxylic acids is 3. The lowest BCUT2D eigenvalue weighted by atomic mass is 9.82. The fraction of sp³-hybridized carbons (Fsp3) is 0.378. The molecular weight excluding hydrogens is 620 g/mol. The number of ether oxygens (including phenoxy) is 1. The summed E-state index contributed by atoms with van der Waals surface area (Å²) in [7, 11) is 3.74. The molecule has 3 aliphatic rings. The van der Waals surface area contributed by atoms with Gasteiger partial charge in [0.05, 0.1) is 37.2 Å². The Bertz CT molecular complexity index is 1880. The van der Waals surface area contributed by atoms with Crippen LogP contribution in [0.5, 0.6) is 0 Å². The van der Waals surface area contributed by atoms with E-state index in [9.17, 15) is 14.4 Å². The van der Waals surface area contributed by atoms with E-state index in [1.165, 1.54) is 0 Å². The minimum atomic E-state index is -0.917. The van der Waals surface area contributed by atoms with Crippen LogP contribution in [0.1, 0.15) is 58.9 Å². The summed E-state index contributed by atoms with van der Waals surface area (Å²) in [5.74, 6) is -0.654. The second-order valence-corrected chi connectivity index (χ2v) is 13.2. The van der Waals surface area contributed by atoms with Crippen LogP contribution in [0.4, 0.5) is 5.82 Å². The Hall–Kier alpha value is -5.07. The Morgan fingerprint density at radius 2 is 1.84 bits per heavy atom. The third kappa shape index (κ3) is 6.41. The number of aromatic nitrogens is 4. The Labute approximate surface area is 285 Å². The second-order valence-electron chi connectivity index (χ2n) is 13.2. The molecule has 2 atom stereocenters. The number of carbonyl (C=O) groups is 3. The van der Waals surface area contributed by atoms with Gasteiger partial charge in [-0.25, -0.2) is 4.68 Å². The van der Waals surface area contributed by atoms with Crippen molar-refractivity contribution in [2.24, 2.45) is 0 Å². The number of nitrogens with one attached hydrogen (secondary N) is 1. The molecule has 0 unspecified atom stereocenters. The quantitative estimate of drug-likeness (QED) is 0.231. The van der Waals surface area contributed by atoms with Crippen LogP contribution in [0, 0.1) is 0 Å². The summed E-state index contributed by atoms with van der Waals surface area (Å²) in [6.07, 6.45) is 5.70. The molecule has 2 aromatic carbocycles. The average Bonchev–Trinajstić information content (AvgIpc) is 3.64. The molecule has 49 heavy (non-hydrogen) atoms. The van der Waals surface area contributed by atoms with Crippen molar-refractivity contribution in [2.45, 2.75) is 50.4 Å². The zero-order valence-electron chi connectivity index (χ0n) is 28.2. The van der Waals surface area contributed by atoms with Gasteiger partial charge in [-0.2, -0.15) is 10.2 Å². The van der Waals surface area contributed by atoms with Crippen molar-refractivity contribution in [3.05, 3.63) is 108 Å². The summed E-state index contributed by atoms with van der Waals surface area (Å²) in [5, 5.41) is 12.3. The smallest absolute Gasteiger partial charge is 0.272 e. The van der Waals surface area contributed by atoms with Crippen LogP contribution in [0.2, 0.25) is 0 Å². The Morgan fingerprint density at radius 3 is 2.53 bits per heavy atom. The molecule has 12 heteroatoms. The second kappa shape index (κ2) is 13.4. The fourth-order valence-corrected chi connectivity index (χ4v) is 6.71. The highest BCUT2D eigenvalue weighted by Crippen LogP contribution is 2.42. The molecule has 1 aliphatic carbocycles. The largest absolute Gasteiger partial charge is 0.378 e. The van der Waals surface area contributed by atoms with Gasteiger partial charge in [0.1, 0.15) is 17.6 Å². The minimum Gasteiger partial charge on any atom is -0.378 e. The highest BCUT2D eigenvalue weighted by atomic mass is 16.5. The molecule has 0 bridgehead atoms. The third-order valence-corrected chi connectivity index (χ3v) is 9.66. The van der Waals surface area contributed by atoms with Crippen molar-refractivity contribution in [1.82, 2.24) is 34.7 Å². The monoisotopic (exact) mass is 662 g/mol. The van der Waals surface area contributed by atoms with E-state index >= 15 is 0 Å². The number of para-hydroxylation sites is 1. The van der Waals surface area contributed by atoms with Crippen molar-refractivity contribution in [3.8, 4) is 5.69 Å². The maximum atomic E-state index is 14.4. The first-order chi connectivity index (χ1) is 23.7. The van der Waals surface area contributed by atoms with Crippen LogP contribution >= 0.6 is 0 Å². The fourth-order valence-electron chi connectivity index (χ4n) is 6.71. The van der Waals surface area contributed by atoms with Gasteiger partial charge in [0, 0.05) is 49.9 Å². The number of hydrogen-bond acceptors (Lipinski definition) is 7. The lowest BCUT2D eigenvalue weighted by Gasteiger charge is -2.38. The van der Waals surface area contributed by atoms with Gasteiger partial charge >= 0.3 is 0 Å². The zero-order chi connectivity index (χ0) is 34.2. The Morgan fingerprint density at radius 1 is 1.06 bits per heavy atom. The molecule has 1 N–H and O–H groups in total. The van der Waals surface area contributed by atoms with Gasteiger partial charge in [0.2, 0.25) is 0 Å². The van der Waals surface area contributed by atoms with E-state index in [0.717, 1.165) is 35.2 Å². The van der Waals surface area contributed by atoms with E-state index < -0.39 is 17.9 Å². The van der Waals surface area contributed by atoms with E-state index in [4.69, 9.17) is 9.84 Å². The van der Waals surface area contributed by atoms with Crippen molar-refractivity contribution in [1.29, 1.82) is 0 Å². The minimum absolute atomic E-state index is 0.133. The van der Waals surface area contributed by atoms with Crippen molar-refractivity contribution in [3.63, 3.8) is 0 Å². The molecule has 1 saturated carbocycles. The van der Waals surface area contributed by atoms with Crippen LogP contribution in [0.3, 0.4) is 0 Å².